The van der Waals surface area contributed by atoms with E-state index in [1.807, 2.05) is 0 Å². The molecule has 114 valence electrons. The molecule has 0 saturated heterocycles. The first kappa shape index (κ1) is 15.5. The molecule has 9 heteroatoms. The van der Waals surface area contributed by atoms with Gasteiger partial charge in [-0.05, 0) is 32.9 Å². The molecule has 0 aliphatic carbocycles. The highest BCUT2D eigenvalue weighted by atomic mass is 32.2. The van der Waals surface area contributed by atoms with Gasteiger partial charge in [-0.15, -0.1) is 10.2 Å². The van der Waals surface area contributed by atoms with Gasteiger partial charge in [-0.1, -0.05) is 6.07 Å². The molecule has 21 heavy (non-hydrogen) atoms. The van der Waals surface area contributed by atoms with E-state index >= 15 is 0 Å². The van der Waals surface area contributed by atoms with E-state index in [1.54, 1.807) is 20.8 Å². The fourth-order valence-electron chi connectivity index (χ4n) is 1.91. The third-order valence-electron chi connectivity index (χ3n) is 2.75. The van der Waals surface area contributed by atoms with E-state index in [-0.39, 0.29) is 11.4 Å². The van der Waals surface area contributed by atoms with Crippen molar-refractivity contribution in [1.82, 2.24) is 14.8 Å². The zero-order valence-electron chi connectivity index (χ0n) is 11.6. The maximum atomic E-state index is 13.9. The van der Waals surface area contributed by atoms with Crippen LogP contribution in [0.1, 0.15) is 20.8 Å². The molecular weight excluding hydrogens is 302 g/mol. The fourth-order valence-corrected chi connectivity index (χ4v) is 2.68. The number of halogens is 2. The van der Waals surface area contributed by atoms with Crippen LogP contribution in [0.5, 0.6) is 0 Å². The number of primary sulfonamides is 1. The largest absolute Gasteiger partial charge is 0.291 e. The SMILES string of the molecule is CC(C)(C)n1c(-c2cccc(F)c2F)nnc1S(N)(=O)=O. The molecule has 2 rings (SSSR count). The molecule has 1 aromatic carbocycles. The predicted octanol–water partition coefficient (Wildman–Crippen LogP) is 1.63. The van der Waals surface area contributed by atoms with Gasteiger partial charge in [0, 0.05) is 5.54 Å². The molecule has 0 saturated carbocycles. The summed E-state index contributed by atoms with van der Waals surface area (Å²) in [6, 6.07) is 3.54. The summed E-state index contributed by atoms with van der Waals surface area (Å²) >= 11 is 0. The zero-order chi connectivity index (χ0) is 16.0. The van der Waals surface area contributed by atoms with E-state index in [4.69, 9.17) is 5.14 Å². The zero-order valence-corrected chi connectivity index (χ0v) is 12.4. The highest BCUT2D eigenvalue weighted by Crippen LogP contribution is 2.29. The van der Waals surface area contributed by atoms with Crippen molar-refractivity contribution >= 4 is 10.0 Å². The minimum absolute atomic E-state index is 0.108. The van der Waals surface area contributed by atoms with E-state index < -0.39 is 32.4 Å². The van der Waals surface area contributed by atoms with Crippen LogP contribution in [-0.4, -0.2) is 23.2 Å². The van der Waals surface area contributed by atoms with Gasteiger partial charge in [0.15, 0.2) is 17.5 Å². The summed E-state index contributed by atoms with van der Waals surface area (Å²) in [6.45, 7) is 5.02. The Morgan fingerprint density at radius 2 is 1.81 bits per heavy atom. The summed E-state index contributed by atoms with van der Waals surface area (Å²) < 4.78 is 51.6. The number of hydrogen-bond acceptors (Lipinski definition) is 4. The molecule has 0 fully saturated rings. The number of nitrogens with zero attached hydrogens (tertiary/aromatic N) is 3. The highest BCUT2D eigenvalue weighted by Gasteiger charge is 2.30. The summed E-state index contributed by atoms with van der Waals surface area (Å²) in [5.74, 6) is -2.30. The van der Waals surface area contributed by atoms with Gasteiger partial charge in [0.1, 0.15) is 0 Å². The Hall–Kier alpha value is -1.87. The Morgan fingerprint density at radius 3 is 2.33 bits per heavy atom. The van der Waals surface area contributed by atoms with Crippen molar-refractivity contribution in [1.29, 1.82) is 0 Å². The van der Waals surface area contributed by atoms with Gasteiger partial charge in [0.25, 0.3) is 15.2 Å². The van der Waals surface area contributed by atoms with Crippen LogP contribution in [-0.2, 0) is 15.6 Å². The second-order valence-electron chi connectivity index (χ2n) is 5.46. The highest BCUT2D eigenvalue weighted by molar-refractivity contribution is 7.89. The third-order valence-corrected chi connectivity index (χ3v) is 3.52. The van der Waals surface area contributed by atoms with Crippen LogP contribution in [0.4, 0.5) is 8.78 Å². The van der Waals surface area contributed by atoms with Crippen molar-refractivity contribution < 1.29 is 17.2 Å². The Morgan fingerprint density at radius 1 is 1.19 bits per heavy atom. The maximum absolute atomic E-state index is 13.9. The van der Waals surface area contributed by atoms with Crippen LogP contribution in [0.2, 0.25) is 0 Å². The van der Waals surface area contributed by atoms with Crippen LogP contribution in [0.25, 0.3) is 11.4 Å². The van der Waals surface area contributed by atoms with Crippen LogP contribution in [0.3, 0.4) is 0 Å². The van der Waals surface area contributed by atoms with Crippen molar-refractivity contribution in [3.05, 3.63) is 29.8 Å². The summed E-state index contributed by atoms with van der Waals surface area (Å²) in [5, 5.41) is 11.8. The van der Waals surface area contributed by atoms with Crippen molar-refractivity contribution in [2.75, 3.05) is 0 Å². The Kier molecular flexibility index (Phi) is 3.58. The lowest BCUT2D eigenvalue weighted by molar-refractivity contribution is 0.365. The summed E-state index contributed by atoms with van der Waals surface area (Å²) in [5.41, 5.74) is -0.994. The van der Waals surface area contributed by atoms with Crippen molar-refractivity contribution in [3.63, 3.8) is 0 Å². The average Bonchev–Trinajstić information content (AvgIpc) is 2.76. The number of sulfonamides is 1. The van der Waals surface area contributed by atoms with Gasteiger partial charge in [0.2, 0.25) is 0 Å². The molecule has 0 spiro atoms. The van der Waals surface area contributed by atoms with Crippen molar-refractivity contribution in [3.8, 4) is 11.4 Å². The van der Waals surface area contributed by atoms with Crippen LogP contribution < -0.4 is 5.14 Å². The maximum Gasteiger partial charge on any atom is 0.273 e. The quantitative estimate of drug-likeness (QED) is 0.911. The van der Waals surface area contributed by atoms with Crippen LogP contribution in [0.15, 0.2) is 23.4 Å². The minimum Gasteiger partial charge on any atom is -0.291 e. The van der Waals surface area contributed by atoms with E-state index in [1.165, 1.54) is 16.7 Å². The van der Waals surface area contributed by atoms with Gasteiger partial charge in [-0.3, -0.25) is 4.57 Å². The molecule has 0 amide bonds. The van der Waals surface area contributed by atoms with Gasteiger partial charge in [0.05, 0.1) is 5.56 Å². The second kappa shape index (κ2) is 4.85. The standard InChI is InChI=1S/C12H14F2N4O2S/c1-12(2,3)18-10(16-17-11(18)21(15,19)20)7-5-4-6-8(13)9(7)14/h4-6H,1-3H3,(H2,15,19,20). The van der Waals surface area contributed by atoms with Crippen molar-refractivity contribution in [2.45, 2.75) is 31.5 Å². The molecule has 0 radical (unpaired) electrons. The predicted molar refractivity (Wildman–Crippen MR) is 71.7 cm³/mol. The first-order valence-electron chi connectivity index (χ1n) is 5.96. The Labute approximate surface area is 120 Å². The number of benzene rings is 1. The third kappa shape index (κ3) is 2.79. The summed E-state index contributed by atoms with van der Waals surface area (Å²) in [6.07, 6.45) is 0. The topological polar surface area (TPSA) is 90.9 Å². The minimum atomic E-state index is -4.15. The summed E-state index contributed by atoms with van der Waals surface area (Å²) in [4.78, 5) is 0. The number of nitrogens with two attached hydrogens (primary N) is 1. The number of hydrogen-bond donors (Lipinski definition) is 1. The van der Waals surface area contributed by atoms with Gasteiger partial charge >= 0.3 is 0 Å². The first-order valence-corrected chi connectivity index (χ1v) is 7.51. The van der Waals surface area contributed by atoms with E-state index in [9.17, 15) is 17.2 Å². The van der Waals surface area contributed by atoms with E-state index in [0.717, 1.165) is 6.07 Å². The molecular formula is C12H14F2N4O2S. The second-order valence-corrected chi connectivity index (χ2v) is 6.91. The molecule has 6 nitrogen and oxygen atoms in total. The number of rotatable bonds is 2. The lowest BCUT2D eigenvalue weighted by Gasteiger charge is -2.24. The smallest absolute Gasteiger partial charge is 0.273 e. The van der Waals surface area contributed by atoms with Crippen LogP contribution >= 0.6 is 0 Å². The molecule has 0 unspecified atom stereocenters. The molecule has 0 aliphatic heterocycles. The van der Waals surface area contributed by atoms with E-state index in [0.29, 0.717) is 0 Å². The fraction of sp³-hybridized carbons (Fsp3) is 0.333. The molecule has 2 aromatic rings. The molecule has 1 heterocycles. The Balaban J connectivity index is 2.83. The normalized spacial score (nSPS) is 12.7. The van der Waals surface area contributed by atoms with Gasteiger partial charge in [-0.2, -0.15) is 0 Å². The van der Waals surface area contributed by atoms with Gasteiger partial charge < -0.3 is 0 Å². The lowest BCUT2D eigenvalue weighted by atomic mass is 10.1. The van der Waals surface area contributed by atoms with Crippen LogP contribution in [0, 0.1) is 11.6 Å². The van der Waals surface area contributed by atoms with E-state index in [2.05, 4.69) is 10.2 Å². The van der Waals surface area contributed by atoms with Gasteiger partial charge in [-0.25, -0.2) is 22.3 Å². The summed E-state index contributed by atoms with van der Waals surface area (Å²) in [7, 11) is -4.15. The monoisotopic (exact) mass is 316 g/mol. The molecule has 0 aliphatic rings. The van der Waals surface area contributed by atoms with Crippen molar-refractivity contribution in [2.24, 2.45) is 5.14 Å². The Bertz CT molecular complexity index is 794. The number of aromatic nitrogens is 3. The molecule has 0 atom stereocenters. The average molecular weight is 316 g/mol. The molecule has 0 bridgehead atoms. The lowest BCUT2D eigenvalue weighted by Crippen LogP contribution is -2.29. The molecule has 1 aromatic heterocycles. The first-order chi connectivity index (χ1) is 9.53. The molecule has 2 N–H and O–H groups in total.